The van der Waals surface area contributed by atoms with Crippen molar-refractivity contribution in [3.63, 3.8) is 0 Å². The van der Waals surface area contributed by atoms with Crippen molar-refractivity contribution in [2.24, 2.45) is 5.92 Å². The number of morpholine rings is 1. The summed E-state index contributed by atoms with van der Waals surface area (Å²) in [6.07, 6.45) is -0.0735. The molecule has 4 aliphatic rings. The molecule has 5 aromatic rings. The maximum Gasteiger partial charge on any atom is 0.324 e. The van der Waals surface area contributed by atoms with Crippen molar-refractivity contribution in [1.29, 1.82) is 0 Å². The molecule has 6 atom stereocenters. The first-order valence-electron chi connectivity index (χ1n) is 20.8. The van der Waals surface area contributed by atoms with E-state index in [2.05, 4.69) is 22.1 Å². The van der Waals surface area contributed by atoms with Crippen molar-refractivity contribution in [2.75, 3.05) is 45.9 Å². The molecular weight excluding hydrogens is 787 g/mol. The molecule has 2 fully saturated rings. The Morgan fingerprint density at radius 2 is 1.53 bits per heavy atom. The predicted molar refractivity (Wildman–Crippen MR) is 229 cm³/mol. The number of carbonyl (C=O) groups excluding carboxylic acids is 3. The zero-order valence-electron chi connectivity index (χ0n) is 34.5. The summed E-state index contributed by atoms with van der Waals surface area (Å²) in [7, 11) is 3.15. The molecule has 0 bridgehead atoms. The highest BCUT2D eigenvalue weighted by Gasteiger charge is 2.74. The number of ether oxygens (including phenoxy) is 4. The molecule has 5 aromatic carbocycles. The van der Waals surface area contributed by atoms with Crippen LogP contribution in [0, 0.1) is 17.8 Å². The molecule has 0 aromatic heterocycles. The average molecular weight is 834 g/mol. The fourth-order valence-corrected chi connectivity index (χ4v) is 10.1. The average Bonchev–Trinajstić information content (AvgIpc) is 3.79. The topological polar surface area (TPSA) is 147 Å². The van der Waals surface area contributed by atoms with Crippen molar-refractivity contribution < 1.29 is 43.5 Å². The Hall–Kier alpha value is -6.65. The Kier molecular flexibility index (Phi) is 11.2. The van der Waals surface area contributed by atoms with Crippen LogP contribution in [0.15, 0.2) is 115 Å². The second-order valence-electron chi connectivity index (χ2n) is 15.9. The number of nitrogens with zero attached hydrogens (tertiary/aromatic N) is 2. The van der Waals surface area contributed by atoms with Crippen molar-refractivity contribution in [3.05, 3.63) is 154 Å². The van der Waals surface area contributed by atoms with E-state index in [0.29, 0.717) is 52.6 Å². The van der Waals surface area contributed by atoms with Crippen LogP contribution >= 0.6 is 0 Å². The van der Waals surface area contributed by atoms with Crippen LogP contribution in [-0.2, 0) is 37.5 Å². The lowest BCUT2D eigenvalue weighted by Gasteiger charge is -2.46. The van der Waals surface area contributed by atoms with E-state index in [9.17, 15) is 10.2 Å². The van der Waals surface area contributed by atoms with Crippen molar-refractivity contribution >= 4 is 23.5 Å². The minimum atomic E-state index is -1.73. The summed E-state index contributed by atoms with van der Waals surface area (Å²) in [5, 5.41) is 22.4. The molecular formula is C50H47N3O9. The number of esters is 1. The van der Waals surface area contributed by atoms with E-state index >= 15 is 14.4 Å². The first-order chi connectivity index (χ1) is 30.3. The van der Waals surface area contributed by atoms with E-state index in [4.69, 9.17) is 18.9 Å². The third-order valence-electron chi connectivity index (χ3n) is 12.6. The first kappa shape index (κ1) is 40.7. The lowest BCUT2D eigenvalue weighted by molar-refractivity contribution is -0.179. The number of methoxy groups -OCH3 is 2. The number of hydrogen-bond acceptors (Lipinski definition) is 10. The van der Waals surface area contributed by atoms with E-state index in [1.807, 2.05) is 97.1 Å². The van der Waals surface area contributed by atoms with Crippen LogP contribution in [0.3, 0.4) is 0 Å². The maximum atomic E-state index is 16.0. The molecule has 4 heterocycles. The number of carbonyl (C=O) groups is 3. The summed E-state index contributed by atoms with van der Waals surface area (Å²) in [4.78, 5) is 50.7. The number of amides is 2. The number of hydrogen-bond donors (Lipinski definition) is 3. The molecule has 2 amide bonds. The quantitative estimate of drug-likeness (QED) is 0.119. The summed E-state index contributed by atoms with van der Waals surface area (Å²) in [5.74, 6) is 4.98. The van der Waals surface area contributed by atoms with Gasteiger partial charge < -0.3 is 39.4 Å². The molecule has 0 saturated carbocycles. The fraction of sp³-hybridized carbons (Fsp3) is 0.300. The number of benzene rings is 5. The highest BCUT2D eigenvalue weighted by atomic mass is 16.6. The third-order valence-corrected chi connectivity index (χ3v) is 12.6. The Labute approximate surface area is 360 Å². The molecule has 0 radical (unpaired) electrons. The number of anilines is 1. The SMILES string of the molecule is COc1cc2c(cc1OC)CN(C(=O)[C@H]1[C@@H]3C(=O)O[C@@H](c4ccccc4)[C@@H](c4ccccc4)N3[C@@H](c3cccc(OCCO)c3)[C@]13C(=O)Nc1ccc(C#CCCO)cc13)CC2. The van der Waals surface area contributed by atoms with Crippen LogP contribution in [0.25, 0.3) is 0 Å². The van der Waals surface area contributed by atoms with Gasteiger partial charge in [-0.1, -0.05) is 84.6 Å². The predicted octanol–water partition coefficient (Wildman–Crippen LogP) is 5.66. The highest BCUT2D eigenvalue weighted by Crippen LogP contribution is 2.65. The minimum absolute atomic E-state index is 0.0358. The number of cyclic esters (lactones) is 1. The van der Waals surface area contributed by atoms with Gasteiger partial charge in [-0.05, 0) is 82.3 Å². The van der Waals surface area contributed by atoms with Crippen LogP contribution in [0.5, 0.6) is 17.2 Å². The molecule has 1 spiro atoms. The molecule has 12 heteroatoms. The third kappa shape index (κ3) is 6.83. The van der Waals surface area contributed by atoms with Crippen molar-refractivity contribution in [1.82, 2.24) is 9.80 Å². The van der Waals surface area contributed by atoms with Crippen LogP contribution < -0.4 is 19.5 Å². The van der Waals surface area contributed by atoms with Gasteiger partial charge in [-0.15, -0.1) is 0 Å². The number of rotatable bonds is 10. The number of nitrogens with one attached hydrogen (secondary N) is 1. The van der Waals surface area contributed by atoms with E-state index in [1.54, 1.807) is 37.3 Å². The highest BCUT2D eigenvalue weighted by molar-refractivity contribution is 6.12. The molecule has 3 N–H and O–H groups in total. The Balaban J connectivity index is 1.31. The van der Waals surface area contributed by atoms with Crippen LogP contribution in [0.1, 0.15) is 63.6 Å². The Morgan fingerprint density at radius 1 is 0.823 bits per heavy atom. The van der Waals surface area contributed by atoms with Crippen molar-refractivity contribution in [3.8, 4) is 29.1 Å². The summed E-state index contributed by atoms with van der Waals surface area (Å²) in [6, 6.07) is 33.0. The number of aliphatic hydroxyl groups is 2. The molecule has 4 aliphatic heterocycles. The maximum absolute atomic E-state index is 16.0. The first-order valence-corrected chi connectivity index (χ1v) is 20.8. The summed E-state index contributed by atoms with van der Waals surface area (Å²) in [6.45, 7) is 0.230. The van der Waals surface area contributed by atoms with Gasteiger partial charge in [-0.25, -0.2) is 0 Å². The largest absolute Gasteiger partial charge is 0.493 e. The van der Waals surface area contributed by atoms with Crippen molar-refractivity contribution in [2.45, 2.75) is 49.0 Å². The van der Waals surface area contributed by atoms with Gasteiger partial charge >= 0.3 is 5.97 Å². The second-order valence-corrected chi connectivity index (χ2v) is 15.9. The molecule has 2 saturated heterocycles. The van der Waals surface area contributed by atoms with Gasteiger partial charge in [0.15, 0.2) is 11.5 Å². The van der Waals surface area contributed by atoms with Gasteiger partial charge in [0.25, 0.3) is 0 Å². The van der Waals surface area contributed by atoms with Gasteiger partial charge in [-0.2, -0.15) is 0 Å². The molecule has 9 rings (SSSR count). The zero-order chi connectivity index (χ0) is 43.0. The van der Waals surface area contributed by atoms with Gasteiger partial charge in [0.2, 0.25) is 11.8 Å². The number of fused-ring (bicyclic) bond motifs is 4. The molecule has 316 valence electrons. The van der Waals surface area contributed by atoms with E-state index in [1.165, 1.54) is 0 Å². The molecule has 0 unspecified atom stereocenters. The summed E-state index contributed by atoms with van der Waals surface area (Å²) in [5.41, 5.74) is 3.97. The molecule has 0 aliphatic carbocycles. The van der Waals surface area contributed by atoms with Gasteiger partial charge in [0.05, 0.1) is 45.4 Å². The monoisotopic (exact) mass is 833 g/mol. The Morgan fingerprint density at radius 3 is 2.24 bits per heavy atom. The van der Waals surface area contributed by atoms with Gasteiger partial charge in [0.1, 0.15) is 29.9 Å². The lowest BCUT2D eigenvalue weighted by atomic mass is 9.64. The standard InChI is InChI=1S/C50H47N3O9/c1-59-40-28-34-21-22-52(30-36(34)29-41(40)60-2)47(56)42-44-48(57)62-45(33-15-7-4-8-16-33)43(32-13-5-3-6-14-32)53(44)46(35-17-11-18-37(27-35)61-25-24-55)50(42)38-26-31(12-9-10-23-54)19-20-39(38)51-49(50)58/h3-8,11,13-20,26-29,42-46,54-55H,10,21-25,30H2,1-2H3,(H,51,58)/t42-,43-,44-,45+,46+,50-/m1/s1. The van der Waals surface area contributed by atoms with E-state index in [0.717, 1.165) is 22.3 Å². The number of aliphatic hydroxyl groups excluding tert-OH is 2. The summed E-state index contributed by atoms with van der Waals surface area (Å²) < 4.78 is 23.8. The lowest BCUT2D eigenvalue weighted by Crippen LogP contribution is -2.56. The van der Waals surface area contributed by atoms with Gasteiger partial charge in [-0.3, -0.25) is 19.3 Å². The fourth-order valence-electron chi connectivity index (χ4n) is 10.1. The summed E-state index contributed by atoms with van der Waals surface area (Å²) >= 11 is 0. The second kappa shape index (κ2) is 17.0. The Bertz CT molecular complexity index is 2570. The van der Waals surface area contributed by atoms with E-state index in [-0.39, 0.29) is 38.7 Å². The van der Waals surface area contributed by atoms with Gasteiger partial charge in [0, 0.05) is 30.8 Å². The van der Waals surface area contributed by atoms with Crippen LogP contribution in [-0.4, -0.2) is 84.4 Å². The normalized spacial score (nSPS) is 23.6. The zero-order valence-corrected chi connectivity index (χ0v) is 34.5. The van der Waals surface area contributed by atoms with Crippen LogP contribution in [0.4, 0.5) is 5.69 Å². The smallest absolute Gasteiger partial charge is 0.324 e. The van der Waals surface area contributed by atoms with Crippen LogP contribution in [0.2, 0.25) is 0 Å². The molecule has 62 heavy (non-hydrogen) atoms. The molecule has 12 nitrogen and oxygen atoms in total. The van der Waals surface area contributed by atoms with E-state index < -0.39 is 47.4 Å². The minimum Gasteiger partial charge on any atom is -0.493 e.